The highest BCUT2D eigenvalue weighted by molar-refractivity contribution is 4.87. The Bertz CT molecular complexity index is 251. The van der Waals surface area contributed by atoms with Gasteiger partial charge in [-0.05, 0) is 51.2 Å². The molecule has 1 aliphatic carbocycles. The van der Waals surface area contributed by atoms with Crippen molar-refractivity contribution in [3.63, 3.8) is 0 Å². The van der Waals surface area contributed by atoms with E-state index in [9.17, 15) is 0 Å². The topological polar surface area (TPSA) is 18.5 Å². The molecule has 1 saturated carbocycles. The van der Waals surface area contributed by atoms with Crippen LogP contribution in [0.25, 0.3) is 0 Å². The van der Waals surface area contributed by atoms with E-state index in [1.807, 2.05) is 0 Å². The molecule has 0 radical (unpaired) electrons. The molecule has 20 heavy (non-hydrogen) atoms. The van der Waals surface area contributed by atoms with Crippen LogP contribution in [0.2, 0.25) is 0 Å². The van der Waals surface area contributed by atoms with Crippen LogP contribution < -0.4 is 5.32 Å². The summed E-state index contributed by atoms with van der Waals surface area (Å²) in [5, 5.41) is 3.64. The number of piperidine rings is 1. The first-order valence-electron chi connectivity index (χ1n) is 9.02. The van der Waals surface area contributed by atoms with E-state index in [0.717, 1.165) is 18.5 Å². The Labute approximate surface area is 126 Å². The summed E-state index contributed by atoms with van der Waals surface area (Å²) in [5.41, 5.74) is 0. The minimum atomic E-state index is 0.919. The molecular formula is C17H35N3. The number of rotatable bonds is 8. The second-order valence-corrected chi connectivity index (χ2v) is 6.57. The smallest absolute Gasteiger partial charge is 0.0124 e. The van der Waals surface area contributed by atoms with Crippen LogP contribution in [-0.2, 0) is 0 Å². The number of hydrogen-bond donors (Lipinski definition) is 1. The third kappa shape index (κ3) is 4.71. The quantitative estimate of drug-likeness (QED) is 0.690. The summed E-state index contributed by atoms with van der Waals surface area (Å²) in [6, 6.07) is 0.919. The number of nitrogens with one attached hydrogen (secondary N) is 1. The lowest BCUT2D eigenvalue weighted by Crippen LogP contribution is -2.49. The molecular weight excluding hydrogens is 246 g/mol. The van der Waals surface area contributed by atoms with E-state index in [0.29, 0.717) is 0 Å². The van der Waals surface area contributed by atoms with Crippen LogP contribution in [-0.4, -0.2) is 61.7 Å². The molecule has 0 bridgehead atoms. The minimum absolute atomic E-state index is 0.919. The molecule has 0 amide bonds. The predicted molar refractivity (Wildman–Crippen MR) is 87.2 cm³/mol. The van der Waals surface area contributed by atoms with Crippen molar-refractivity contribution in [2.75, 3.05) is 45.8 Å². The zero-order valence-electron chi connectivity index (χ0n) is 13.7. The molecule has 2 atom stereocenters. The van der Waals surface area contributed by atoms with Gasteiger partial charge in [-0.15, -0.1) is 0 Å². The molecule has 2 fully saturated rings. The van der Waals surface area contributed by atoms with E-state index >= 15 is 0 Å². The Balaban J connectivity index is 1.61. The summed E-state index contributed by atoms with van der Waals surface area (Å²) in [6.07, 6.45) is 8.84. The maximum absolute atomic E-state index is 3.64. The van der Waals surface area contributed by atoms with Crippen LogP contribution in [0.1, 0.15) is 52.4 Å². The van der Waals surface area contributed by atoms with Crippen LogP contribution in [0.5, 0.6) is 0 Å². The highest BCUT2D eigenvalue weighted by atomic mass is 15.2. The third-order valence-corrected chi connectivity index (χ3v) is 5.43. The Morgan fingerprint density at radius 3 is 2.55 bits per heavy atom. The normalized spacial score (nSPS) is 27.8. The minimum Gasteiger partial charge on any atom is -0.314 e. The van der Waals surface area contributed by atoms with Gasteiger partial charge in [-0.3, -0.25) is 4.90 Å². The molecule has 3 nitrogen and oxygen atoms in total. The first-order chi connectivity index (χ1) is 9.85. The van der Waals surface area contributed by atoms with Crippen molar-refractivity contribution in [1.29, 1.82) is 0 Å². The van der Waals surface area contributed by atoms with E-state index < -0.39 is 0 Å². The van der Waals surface area contributed by atoms with Gasteiger partial charge in [0.1, 0.15) is 0 Å². The van der Waals surface area contributed by atoms with Gasteiger partial charge in [0.2, 0.25) is 0 Å². The third-order valence-electron chi connectivity index (χ3n) is 5.43. The summed E-state index contributed by atoms with van der Waals surface area (Å²) in [4.78, 5) is 5.28. The molecule has 1 heterocycles. The molecule has 3 heteroatoms. The number of hydrogen-bond acceptors (Lipinski definition) is 3. The van der Waals surface area contributed by atoms with E-state index in [2.05, 4.69) is 29.0 Å². The zero-order valence-corrected chi connectivity index (χ0v) is 13.7. The Kier molecular flexibility index (Phi) is 7.32. The number of nitrogens with zero attached hydrogens (tertiary/aromatic N) is 2. The number of likely N-dealkylation sites (tertiary alicyclic amines) is 1. The van der Waals surface area contributed by atoms with Crippen molar-refractivity contribution in [3.8, 4) is 0 Å². The number of likely N-dealkylation sites (N-methyl/N-ethyl adjacent to an activating group) is 1. The molecule has 1 saturated heterocycles. The van der Waals surface area contributed by atoms with Crippen LogP contribution in [0.4, 0.5) is 0 Å². The molecule has 0 aromatic rings. The standard InChI is InChI=1S/C17H35N3/c1-3-19(4-2)14-11-18-12-15-20-13-7-9-16-8-5-6-10-17(16)20/h16-18H,3-15H2,1-2H3/t16-,17-/m1/s1. The fraction of sp³-hybridized carbons (Fsp3) is 1.00. The summed E-state index contributed by atoms with van der Waals surface area (Å²) < 4.78 is 0. The van der Waals surface area contributed by atoms with Crippen LogP contribution in [0, 0.1) is 5.92 Å². The van der Waals surface area contributed by atoms with Crippen LogP contribution in [0.3, 0.4) is 0 Å². The molecule has 1 aliphatic heterocycles. The molecule has 2 aliphatic rings. The second kappa shape index (κ2) is 9.01. The number of fused-ring (bicyclic) bond motifs is 1. The lowest BCUT2D eigenvalue weighted by molar-refractivity contribution is 0.0618. The molecule has 0 aromatic carbocycles. The van der Waals surface area contributed by atoms with Gasteiger partial charge in [-0.25, -0.2) is 0 Å². The molecule has 1 N–H and O–H groups in total. The van der Waals surface area contributed by atoms with E-state index in [1.54, 1.807) is 0 Å². The van der Waals surface area contributed by atoms with Gasteiger partial charge in [0.25, 0.3) is 0 Å². The van der Waals surface area contributed by atoms with Gasteiger partial charge in [0.05, 0.1) is 0 Å². The Hall–Kier alpha value is -0.120. The van der Waals surface area contributed by atoms with Gasteiger partial charge >= 0.3 is 0 Å². The van der Waals surface area contributed by atoms with Crippen molar-refractivity contribution in [1.82, 2.24) is 15.1 Å². The zero-order chi connectivity index (χ0) is 14.2. The van der Waals surface area contributed by atoms with Gasteiger partial charge < -0.3 is 10.2 Å². The lowest BCUT2D eigenvalue weighted by Gasteiger charge is -2.44. The Morgan fingerprint density at radius 2 is 1.75 bits per heavy atom. The maximum atomic E-state index is 3.64. The van der Waals surface area contributed by atoms with Gasteiger partial charge in [0.15, 0.2) is 0 Å². The monoisotopic (exact) mass is 281 g/mol. The highest BCUT2D eigenvalue weighted by Crippen LogP contribution is 2.34. The fourth-order valence-electron chi connectivity index (χ4n) is 4.13. The first kappa shape index (κ1) is 16.3. The molecule has 2 rings (SSSR count). The average molecular weight is 281 g/mol. The summed E-state index contributed by atoms with van der Waals surface area (Å²) in [7, 11) is 0. The molecule has 0 aromatic heterocycles. The predicted octanol–water partition coefficient (Wildman–Crippen LogP) is 2.57. The van der Waals surface area contributed by atoms with E-state index in [-0.39, 0.29) is 0 Å². The van der Waals surface area contributed by atoms with Crippen LogP contribution >= 0.6 is 0 Å². The Morgan fingerprint density at radius 1 is 1.00 bits per heavy atom. The van der Waals surface area contributed by atoms with Gasteiger partial charge in [0, 0.05) is 32.2 Å². The van der Waals surface area contributed by atoms with Crippen molar-refractivity contribution in [3.05, 3.63) is 0 Å². The van der Waals surface area contributed by atoms with E-state index in [4.69, 9.17) is 0 Å². The second-order valence-electron chi connectivity index (χ2n) is 6.57. The molecule has 0 unspecified atom stereocenters. The van der Waals surface area contributed by atoms with Gasteiger partial charge in [-0.2, -0.15) is 0 Å². The molecule has 118 valence electrons. The highest BCUT2D eigenvalue weighted by Gasteiger charge is 2.32. The summed E-state index contributed by atoms with van der Waals surface area (Å²) in [6.45, 7) is 13.0. The van der Waals surface area contributed by atoms with Crippen molar-refractivity contribution in [2.45, 2.75) is 58.4 Å². The fourth-order valence-corrected chi connectivity index (χ4v) is 4.13. The summed E-state index contributed by atoms with van der Waals surface area (Å²) in [5.74, 6) is 1.02. The van der Waals surface area contributed by atoms with Crippen LogP contribution in [0.15, 0.2) is 0 Å². The van der Waals surface area contributed by atoms with Crippen molar-refractivity contribution < 1.29 is 0 Å². The lowest BCUT2D eigenvalue weighted by atomic mass is 9.78. The summed E-state index contributed by atoms with van der Waals surface area (Å²) >= 11 is 0. The average Bonchev–Trinajstić information content (AvgIpc) is 2.51. The van der Waals surface area contributed by atoms with Crippen molar-refractivity contribution >= 4 is 0 Å². The van der Waals surface area contributed by atoms with Gasteiger partial charge in [-0.1, -0.05) is 26.7 Å². The molecule has 0 spiro atoms. The largest absolute Gasteiger partial charge is 0.314 e. The van der Waals surface area contributed by atoms with E-state index in [1.165, 1.54) is 77.8 Å². The van der Waals surface area contributed by atoms with Crippen molar-refractivity contribution in [2.24, 2.45) is 5.92 Å². The first-order valence-corrected chi connectivity index (χ1v) is 9.02. The SMILES string of the molecule is CCN(CC)CCNCCN1CCC[C@H]2CCCC[C@H]21. The maximum Gasteiger partial charge on any atom is 0.0124 e.